The van der Waals surface area contributed by atoms with Crippen LogP contribution in [-0.4, -0.2) is 47.5 Å². The summed E-state index contributed by atoms with van der Waals surface area (Å²) in [5.41, 5.74) is -0.686. The van der Waals surface area contributed by atoms with Crippen molar-refractivity contribution >= 4 is 22.0 Å². The number of sulfonamides is 1. The Bertz CT molecular complexity index is 753. The van der Waals surface area contributed by atoms with E-state index in [4.69, 9.17) is 5.11 Å². The molecule has 0 radical (unpaired) electrons. The standard InChI is InChI=1S/C14H17NO6S/c1-8-9(12(16)17)5-4-6-10(8)22(20,21)15-7-14(2,3)11(15)13(18)19/h4-6,11H,7H2,1-3H3,(H,16,17)(H,18,19). The third kappa shape index (κ3) is 2.38. The van der Waals surface area contributed by atoms with E-state index >= 15 is 0 Å². The van der Waals surface area contributed by atoms with Crippen molar-refractivity contribution in [2.24, 2.45) is 5.41 Å². The third-order valence-corrected chi connectivity index (χ3v) is 5.88. The molecule has 0 aromatic heterocycles. The molecule has 120 valence electrons. The summed E-state index contributed by atoms with van der Waals surface area (Å²) in [6.07, 6.45) is 0. The van der Waals surface area contributed by atoms with E-state index in [1.807, 2.05) is 0 Å². The Morgan fingerprint density at radius 1 is 1.27 bits per heavy atom. The lowest BCUT2D eigenvalue weighted by atomic mass is 9.77. The van der Waals surface area contributed by atoms with Gasteiger partial charge in [0, 0.05) is 12.0 Å². The molecule has 22 heavy (non-hydrogen) atoms. The van der Waals surface area contributed by atoms with Gasteiger partial charge in [0.1, 0.15) is 6.04 Å². The first-order valence-corrected chi connectivity index (χ1v) is 8.01. The van der Waals surface area contributed by atoms with Crippen molar-refractivity contribution in [3.05, 3.63) is 29.3 Å². The summed E-state index contributed by atoms with van der Waals surface area (Å²) in [5, 5.41) is 18.3. The summed E-state index contributed by atoms with van der Waals surface area (Å²) in [4.78, 5) is 22.3. The maximum absolute atomic E-state index is 12.7. The number of carbonyl (C=O) groups is 2. The van der Waals surface area contributed by atoms with Gasteiger partial charge in [0.15, 0.2) is 0 Å². The number of carboxylic acid groups (broad SMARTS) is 2. The maximum atomic E-state index is 12.7. The molecule has 1 aromatic rings. The van der Waals surface area contributed by atoms with Gasteiger partial charge >= 0.3 is 11.9 Å². The predicted molar refractivity (Wildman–Crippen MR) is 77.2 cm³/mol. The number of hydrogen-bond acceptors (Lipinski definition) is 4. The molecule has 0 saturated carbocycles. The lowest BCUT2D eigenvalue weighted by molar-refractivity contribution is -0.153. The molecule has 1 aromatic carbocycles. The molecular weight excluding hydrogens is 310 g/mol. The fourth-order valence-electron chi connectivity index (χ4n) is 2.79. The van der Waals surface area contributed by atoms with Gasteiger partial charge in [-0.3, -0.25) is 4.79 Å². The summed E-state index contributed by atoms with van der Waals surface area (Å²) in [6, 6.07) is 2.78. The molecule has 1 unspecified atom stereocenters. The highest BCUT2D eigenvalue weighted by atomic mass is 32.2. The van der Waals surface area contributed by atoms with E-state index in [2.05, 4.69) is 0 Å². The lowest BCUT2D eigenvalue weighted by Gasteiger charge is -2.50. The molecule has 1 fully saturated rings. The van der Waals surface area contributed by atoms with Crippen LogP contribution in [0.4, 0.5) is 0 Å². The molecule has 0 amide bonds. The first kappa shape index (κ1) is 16.4. The van der Waals surface area contributed by atoms with Crippen LogP contribution in [0.5, 0.6) is 0 Å². The summed E-state index contributed by atoms with van der Waals surface area (Å²) in [6.45, 7) is 4.83. The second-order valence-electron chi connectivity index (χ2n) is 6.01. The second-order valence-corrected chi connectivity index (χ2v) is 7.87. The Labute approximate surface area is 128 Å². The summed E-state index contributed by atoms with van der Waals surface area (Å²) < 4.78 is 26.3. The average molecular weight is 327 g/mol. The predicted octanol–water partition coefficient (Wildman–Crippen LogP) is 1.18. The highest BCUT2D eigenvalue weighted by Gasteiger charge is 2.56. The van der Waals surface area contributed by atoms with Crippen molar-refractivity contribution in [1.82, 2.24) is 4.31 Å². The fraction of sp³-hybridized carbons (Fsp3) is 0.429. The fourth-order valence-corrected chi connectivity index (χ4v) is 4.95. The third-order valence-electron chi connectivity index (χ3n) is 3.93. The minimum atomic E-state index is -4.06. The molecule has 2 rings (SSSR count). The van der Waals surface area contributed by atoms with E-state index in [0.29, 0.717) is 0 Å². The van der Waals surface area contributed by atoms with Crippen LogP contribution in [0.15, 0.2) is 23.1 Å². The van der Waals surface area contributed by atoms with E-state index in [-0.39, 0.29) is 22.6 Å². The monoisotopic (exact) mass is 327 g/mol. The molecule has 1 aliphatic heterocycles. The zero-order chi connectivity index (χ0) is 16.9. The Balaban J connectivity index is 2.52. The Morgan fingerprint density at radius 2 is 1.86 bits per heavy atom. The highest BCUT2D eigenvalue weighted by Crippen LogP contribution is 2.41. The lowest BCUT2D eigenvalue weighted by Crippen LogP contribution is -2.66. The zero-order valence-corrected chi connectivity index (χ0v) is 13.2. The molecular formula is C14H17NO6S. The van der Waals surface area contributed by atoms with Crippen LogP contribution in [0, 0.1) is 12.3 Å². The normalized spacial score (nSPS) is 21.1. The average Bonchev–Trinajstić information content (AvgIpc) is 2.35. The number of rotatable bonds is 4. The van der Waals surface area contributed by atoms with Crippen molar-refractivity contribution in [1.29, 1.82) is 0 Å². The Morgan fingerprint density at radius 3 is 2.32 bits per heavy atom. The Hall–Kier alpha value is -1.93. The summed E-state index contributed by atoms with van der Waals surface area (Å²) in [5.74, 6) is -2.44. The van der Waals surface area contributed by atoms with Gasteiger partial charge in [0.05, 0.1) is 10.5 Å². The molecule has 0 aliphatic carbocycles. The summed E-state index contributed by atoms with van der Waals surface area (Å²) in [7, 11) is -4.06. The van der Waals surface area contributed by atoms with Crippen LogP contribution in [-0.2, 0) is 14.8 Å². The van der Waals surface area contributed by atoms with E-state index < -0.39 is 33.4 Å². The van der Waals surface area contributed by atoms with Crippen molar-refractivity contribution in [2.45, 2.75) is 31.7 Å². The van der Waals surface area contributed by atoms with Crippen LogP contribution in [0.3, 0.4) is 0 Å². The SMILES string of the molecule is Cc1c(C(=O)O)cccc1S(=O)(=O)N1CC(C)(C)C1C(=O)O. The first-order chi connectivity index (χ1) is 10.00. The van der Waals surface area contributed by atoms with Gasteiger partial charge in [-0.2, -0.15) is 4.31 Å². The van der Waals surface area contributed by atoms with Crippen molar-refractivity contribution in [2.75, 3.05) is 6.54 Å². The molecule has 0 spiro atoms. The van der Waals surface area contributed by atoms with Crippen LogP contribution in [0.2, 0.25) is 0 Å². The van der Waals surface area contributed by atoms with Crippen LogP contribution in [0.25, 0.3) is 0 Å². The van der Waals surface area contributed by atoms with Gasteiger partial charge in [0.25, 0.3) is 0 Å². The topological polar surface area (TPSA) is 112 Å². The molecule has 1 saturated heterocycles. The molecule has 1 heterocycles. The van der Waals surface area contributed by atoms with E-state index in [9.17, 15) is 23.1 Å². The smallest absolute Gasteiger partial charge is 0.335 e. The van der Waals surface area contributed by atoms with Crippen molar-refractivity contribution in [3.8, 4) is 0 Å². The van der Waals surface area contributed by atoms with Gasteiger partial charge in [-0.1, -0.05) is 19.9 Å². The van der Waals surface area contributed by atoms with Crippen LogP contribution >= 0.6 is 0 Å². The van der Waals surface area contributed by atoms with Gasteiger partial charge < -0.3 is 10.2 Å². The van der Waals surface area contributed by atoms with Gasteiger partial charge in [-0.05, 0) is 24.6 Å². The number of aromatic carboxylic acids is 1. The van der Waals surface area contributed by atoms with E-state index in [0.717, 1.165) is 4.31 Å². The first-order valence-electron chi connectivity index (χ1n) is 6.57. The number of aliphatic carboxylic acids is 1. The number of hydrogen-bond donors (Lipinski definition) is 2. The Kier molecular flexibility index (Phi) is 3.78. The second kappa shape index (κ2) is 5.06. The van der Waals surface area contributed by atoms with Crippen molar-refractivity contribution < 1.29 is 28.2 Å². The maximum Gasteiger partial charge on any atom is 0.335 e. The molecule has 0 bridgehead atoms. The molecule has 2 N–H and O–H groups in total. The number of carboxylic acids is 2. The highest BCUT2D eigenvalue weighted by molar-refractivity contribution is 7.89. The van der Waals surface area contributed by atoms with E-state index in [1.165, 1.54) is 25.1 Å². The quantitative estimate of drug-likeness (QED) is 0.858. The molecule has 7 nitrogen and oxygen atoms in total. The van der Waals surface area contributed by atoms with Crippen LogP contribution in [0.1, 0.15) is 29.8 Å². The van der Waals surface area contributed by atoms with Gasteiger partial charge in [-0.15, -0.1) is 0 Å². The zero-order valence-electron chi connectivity index (χ0n) is 12.4. The minimum Gasteiger partial charge on any atom is -0.480 e. The largest absolute Gasteiger partial charge is 0.480 e. The van der Waals surface area contributed by atoms with E-state index in [1.54, 1.807) is 13.8 Å². The minimum absolute atomic E-state index is 0.0725. The molecule has 1 aliphatic rings. The molecule has 1 atom stereocenters. The summed E-state index contributed by atoms with van der Waals surface area (Å²) >= 11 is 0. The molecule has 8 heteroatoms. The van der Waals surface area contributed by atoms with Gasteiger partial charge in [0.2, 0.25) is 10.0 Å². The van der Waals surface area contributed by atoms with Gasteiger partial charge in [-0.25, -0.2) is 13.2 Å². The number of nitrogens with zero attached hydrogens (tertiary/aromatic N) is 1. The van der Waals surface area contributed by atoms with Crippen LogP contribution < -0.4 is 0 Å². The van der Waals surface area contributed by atoms with Crippen molar-refractivity contribution in [3.63, 3.8) is 0 Å². The number of benzene rings is 1.